The highest BCUT2D eigenvalue weighted by Gasteiger charge is 2.26. The molecule has 0 saturated carbocycles. The smallest absolute Gasteiger partial charge is 0.129 e. The highest BCUT2D eigenvalue weighted by molar-refractivity contribution is 5.20. The highest BCUT2D eigenvalue weighted by atomic mass is 19.1. The standard InChI is InChI=1S/C17H27FN2O/c1-13(17(21)15-8-4-5-9-16(15)18)11-20-10-6-7-14(12-20)19(2)3/h4-5,8-9,13-14,17,21H,6-7,10-12H2,1-3H3. The van der Waals surface area contributed by atoms with E-state index in [0.717, 1.165) is 19.6 Å². The van der Waals surface area contributed by atoms with Gasteiger partial charge in [0.15, 0.2) is 0 Å². The first-order valence-electron chi connectivity index (χ1n) is 7.80. The van der Waals surface area contributed by atoms with Crippen LogP contribution in [0.1, 0.15) is 31.4 Å². The Bertz CT molecular complexity index is 452. The lowest BCUT2D eigenvalue weighted by Gasteiger charge is -2.38. The van der Waals surface area contributed by atoms with E-state index in [9.17, 15) is 9.50 Å². The van der Waals surface area contributed by atoms with Crippen LogP contribution in [-0.2, 0) is 0 Å². The molecule has 3 nitrogen and oxygen atoms in total. The van der Waals surface area contributed by atoms with Crippen molar-refractivity contribution in [1.82, 2.24) is 9.80 Å². The number of aliphatic hydroxyl groups excluding tert-OH is 1. The maximum absolute atomic E-state index is 13.8. The quantitative estimate of drug-likeness (QED) is 0.904. The molecule has 1 fully saturated rings. The first kappa shape index (κ1) is 16.4. The van der Waals surface area contributed by atoms with Crippen LogP contribution in [0, 0.1) is 11.7 Å². The predicted molar refractivity (Wildman–Crippen MR) is 83.7 cm³/mol. The van der Waals surface area contributed by atoms with Crippen LogP contribution in [0.3, 0.4) is 0 Å². The maximum atomic E-state index is 13.8. The molecule has 4 heteroatoms. The summed E-state index contributed by atoms with van der Waals surface area (Å²) in [6.45, 7) is 4.90. The molecule has 2 rings (SSSR count). The van der Waals surface area contributed by atoms with Crippen molar-refractivity contribution >= 4 is 0 Å². The lowest BCUT2D eigenvalue weighted by Crippen LogP contribution is -2.46. The Hall–Kier alpha value is -0.970. The largest absolute Gasteiger partial charge is 0.388 e. The van der Waals surface area contributed by atoms with E-state index in [1.54, 1.807) is 18.2 Å². The summed E-state index contributed by atoms with van der Waals surface area (Å²) in [4.78, 5) is 4.66. The molecule has 0 aliphatic carbocycles. The molecule has 1 aliphatic rings. The molecule has 0 spiro atoms. The summed E-state index contributed by atoms with van der Waals surface area (Å²) >= 11 is 0. The van der Waals surface area contributed by atoms with E-state index >= 15 is 0 Å². The normalized spacial score (nSPS) is 23.2. The first-order valence-corrected chi connectivity index (χ1v) is 7.80. The summed E-state index contributed by atoms with van der Waals surface area (Å²) in [5.41, 5.74) is 0.408. The number of hydrogen-bond donors (Lipinski definition) is 1. The number of nitrogens with zero attached hydrogens (tertiary/aromatic N) is 2. The summed E-state index contributed by atoms with van der Waals surface area (Å²) in [7, 11) is 4.23. The number of likely N-dealkylation sites (tertiary alicyclic amines) is 1. The van der Waals surface area contributed by atoms with Crippen LogP contribution in [0.25, 0.3) is 0 Å². The van der Waals surface area contributed by atoms with E-state index in [1.165, 1.54) is 18.9 Å². The van der Waals surface area contributed by atoms with E-state index < -0.39 is 6.10 Å². The Balaban J connectivity index is 1.94. The topological polar surface area (TPSA) is 26.7 Å². The van der Waals surface area contributed by atoms with Crippen LogP contribution in [0.5, 0.6) is 0 Å². The van der Waals surface area contributed by atoms with E-state index in [-0.39, 0.29) is 11.7 Å². The zero-order valence-electron chi connectivity index (χ0n) is 13.3. The average Bonchev–Trinajstić information content (AvgIpc) is 2.47. The zero-order valence-corrected chi connectivity index (χ0v) is 13.3. The van der Waals surface area contributed by atoms with E-state index in [4.69, 9.17) is 0 Å². The molecule has 0 amide bonds. The van der Waals surface area contributed by atoms with Crippen molar-refractivity contribution in [3.63, 3.8) is 0 Å². The SMILES string of the molecule is CC(CN1CCCC(N(C)C)C1)C(O)c1ccccc1F. The third kappa shape index (κ3) is 4.25. The second-order valence-corrected chi connectivity index (χ2v) is 6.46. The van der Waals surface area contributed by atoms with Gasteiger partial charge >= 0.3 is 0 Å². The van der Waals surface area contributed by atoms with Crippen molar-refractivity contribution in [3.8, 4) is 0 Å². The first-order chi connectivity index (χ1) is 9.99. The minimum absolute atomic E-state index is 0.0165. The van der Waals surface area contributed by atoms with Crippen molar-refractivity contribution in [2.75, 3.05) is 33.7 Å². The Morgan fingerprint density at radius 2 is 2.10 bits per heavy atom. The third-order valence-electron chi connectivity index (χ3n) is 4.52. The minimum atomic E-state index is -0.745. The van der Waals surface area contributed by atoms with Gasteiger partial charge in [0.1, 0.15) is 5.82 Å². The number of hydrogen-bond acceptors (Lipinski definition) is 3. The Morgan fingerprint density at radius 1 is 1.38 bits per heavy atom. The van der Waals surface area contributed by atoms with Gasteiger partial charge in [-0.2, -0.15) is 0 Å². The van der Waals surface area contributed by atoms with Gasteiger partial charge in [0, 0.05) is 24.7 Å². The number of halogens is 1. The summed E-state index contributed by atoms with van der Waals surface area (Å²) in [5, 5.41) is 10.4. The van der Waals surface area contributed by atoms with Gasteiger partial charge in [-0.1, -0.05) is 25.1 Å². The Kier molecular flexibility index (Phi) is 5.73. The average molecular weight is 294 g/mol. The van der Waals surface area contributed by atoms with E-state index in [2.05, 4.69) is 23.9 Å². The van der Waals surface area contributed by atoms with Crippen LogP contribution >= 0.6 is 0 Å². The summed E-state index contributed by atoms with van der Waals surface area (Å²) in [6, 6.07) is 7.10. The van der Waals surface area contributed by atoms with Crippen molar-refractivity contribution in [2.24, 2.45) is 5.92 Å². The molecule has 0 aromatic heterocycles. The molecular weight excluding hydrogens is 267 g/mol. The summed E-state index contributed by atoms with van der Waals surface area (Å²) in [5.74, 6) is -0.301. The summed E-state index contributed by atoms with van der Waals surface area (Å²) in [6.07, 6.45) is 1.67. The Morgan fingerprint density at radius 3 is 2.76 bits per heavy atom. The molecule has 21 heavy (non-hydrogen) atoms. The monoisotopic (exact) mass is 294 g/mol. The maximum Gasteiger partial charge on any atom is 0.129 e. The fourth-order valence-electron chi connectivity index (χ4n) is 3.15. The number of aliphatic hydroxyl groups is 1. The fourth-order valence-corrected chi connectivity index (χ4v) is 3.15. The molecule has 3 atom stereocenters. The van der Waals surface area contributed by atoms with Gasteiger partial charge in [0.05, 0.1) is 6.10 Å². The minimum Gasteiger partial charge on any atom is -0.388 e. The zero-order chi connectivity index (χ0) is 15.4. The van der Waals surface area contributed by atoms with Gasteiger partial charge in [0.25, 0.3) is 0 Å². The summed E-state index contributed by atoms with van der Waals surface area (Å²) < 4.78 is 13.8. The predicted octanol–water partition coefficient (Wildman–Crippen LogP) is 2.52. The van der Waals surface area contributed by atoms with Crippen LogP contribution in [-0.4, -0.2) is 54.7 Å². The number of likely N-dealkylation sites (N-methyl/N-ethyl adjacent to an activating group) is 1. The molecule has 1 heterocycles. The number of benzene rings is 1. The van der Waals surface area contributed by atoms with Crippen LogP contribution < -0.4 is 0 Å². The van der Waals surface area contributed by atoms with Crippen molar-refractivity contribution < 1.29 is 9.50 Å². The van der Waals surface area contributed by atoms with Crippen molar-refractivity contribution in [2.45, 2.75) is 31.9 Å². The Labute approximate surface area is 127 Å². The molecule has 1 aliphatic heterocycles. The van der Waals surface area contributed by atoms with Gasteiger partial charge < -0.3 is 14.9 Å². The molecule has 1 aromatic rings. The number of rotatable bonds is 5. The second kappa shape index (κ2) is 7.34. The van der Waals surface area contributed by atoms with Crippen LogP contribution in [0.15, 0.2) is 24.3 Å². The fraction of sp³-hybridized carbons (Fsp3) is 0.647. The van der Waals surface area contributed by atoms with Crippen molar-refractivity contribution in [3.05, 3.63) is 35.6 Å². The highest BCUT2D eigenvalue weighted by Crippen LogP contribution is 2.26. The molecule has 1 aromatic carbocycles. The van der Waals surface area contributed by atoms with Gasteiger partial charge in [-0.25, -0.2) is 4.39 Å². The van der Waals surface area contributed by atoms with E-state index in [0.29, 0.717) is 11.6 Å². The van der Waals surface area contributed by atoms with Crippen LogP contribution in [0.4, 0.5) is 4.39 Å². The molecule has 3 unspecified atom stereocenters. The molecule has 1 N–H and O–H groups in total. The third-order valence-corrected chi connectivity index (χ3v) is 4.52. The molecule has 1 saturated heterocycles. The van der Waals surface area contributed by atoms with Gasteiger partial charge in [-0.3, -0.25) is 0 Å². The second-order valence-electron chi connectivity index (χ2n) is 6.46. The van der Waals surface area contributed by atoms with Crippen LogP contribution in [0.2, 0.25) is 0 Å². The van der Waals surface area contributed by atoms with Gasteiger partial charge in [-0.15, -0.1) is 0 Å². The molecule has 0 bridgehead atoms. The molecular formula is C17H27FN2O. The van der Waals surface area contributed by atoms with E-state index in [1.807, 2.05) is 6.92 Å². The molecule has 0 radical (unpaired) electrons. The molecule has 118 valence electrons. The van der Waals surface area contributed by atoms with Crippen molar-refractivity contribution in [1.29, 1.82) is 0 Å². The lowest BCUT2D eigenvalue weighted by molar-refractivity contribution is 0.0624. The van der Waals surface area contributed by atoms with Gasteiger partial charge in [-0.05, 0) is 45.5 Å². The number of piperidine rings is 1. The van der Waals surface area contributed by atoms with Gasteiger partial charge in [0.2, 0.25) is 0 Å². The lowest BCUT2D eigenvalue weighted by atomic mass is 9.95.